The minimum atomic E-state index is -3.40. The first kappa shape index (κ1) is 32.8. The fourth-order valence-electron chi connectivity index (χ4n) is 9.27. The summed E-state index contributed by atoms with van der Waals surface area (Å²) in [6.45, 7) is -4.37. The average molecular weight is 910 g/mol. The third-order valence-electron chi connectivity index (χ3n) is 13.0. The zero-order valence-corrected chi connectivity index (χ0v) is 38.9. The number of aromatic hydroxyl groups is 1. The van der Waals surface area contributed by atoms with E-state index in [-0.39, 0.29) is 28.7 Å². The molecule has 0 aliphatic heterocycles. The predicted molar refractivity (Wildman–Crippen MR) is 290 cm³/mol. The molecule has 0 amide bonds. The number of pyridine rings is 1. The highest BCUT2D eigenvalue weighted by Gasteiger charge is 2.26. The van der Waals surface area contributed by atoms with E-state index in [9.17, 15) is 5.11 Å². The minimum absolute atomic E-state index is 0.0478. The van der Waals surface area contributed by atoms with Crippen molar-refractivity contribution in [1.29, 1.82) is 0 Å². The Morgan fingerprint density at radius 3 is 1.80 bits per heavy atom. The monoisotopic (exact) mass is 910 g/mol. The first-order chi connectivity index (χ1) is 38.3. The molecule has 0 unspecified atom stereocenters. The van der Waals surface area contributed by atoms with Gasteiger partial charge in [-0.15, -0.1) is 0 Å². The van der Waals surface area contributed by atoms with Crippen LogP contribution in [0.1, 0.15) is 98.8 Å². The van der Waals surface area contributed by atoms with Gasteiger partial charge < -0.3 is 5.11 Å². The van der Waals surface area contributed by atoms with Crippen molar-refractivity contribution < 1.29 is 21.6 Å². The van der Waals surface area contributed by atoms with E-state index in [0.29, 0.717) is 56.1 Å². The van der Waals surface area contributed by atoms with Crippen molar-refractivity contribution in [2.75, 3.05) is 0 Å². The fourth-order valence-corrected chi connectivity index (χ4v) is 9.27. The molecule has 69 heavy (non-hydrogen) atoms. The van der Waals surface area contributed by atoms with Gasteiger partial charge in [0.05, 0.1) is 28.0 Å². The van der Waals surface area contributed by atoms with Crippen molar-refractivity contribution in [2.45, 2.75) is 72.4 Å². The molecule has 0 radical (unpaired) electrons. The van der Waals surface area contributed by atoms with Crippen LogP contribution < -0.4 is 0 Å². The first-order valence-corrected chi connectivity index (χ1v) is 23.2. The van der Waals surface area contributed by atoms with Crippen molar-refractivity contribution in [3.05, 3.63) is 217 Å². The van der Waals surface area contributed by atoms with Crippen molar-refractivity contribution in [2.24, 2.45) is 0 Å². The lowest BCUT2D eigenvalue weighted by molar-refractivity contribution is 0.466. The smallest absolute Gasteiger partial charge is 0.149 e. The summed E-state index contributed by atoms with van der Waals surface area (Å²) in [6.07, 6.45) is 1.65. The molecular weight excluding hydrogens is 839 g/mol. The summed E-state index contributed by atoms with van der Waals surface area (Å²) in [4.78, 5) is 10.5. The zero-order chi connectivity index (χ0) is 58.0. The van der Waals surface area contributed by atoms with E-state index in [1.54, 1.807) is 18.3 Å². The highest BCUT2D eigenvalue weighted by atomic mass is 16.3. The van der Waals surface area contributed by atoms with E-state index < -0.39 is 32.8 Å². The number of fused-ring (bicyclic) bond motifs is 1. The molecule has 10 rings (SSSR count). The summed E-state index contributed by atoms with van der Waals surface area (Å²) < 4.78 is 103. The molecule has 0 aliphatic carbocycles. The van der Waals surface area contributed by atoms with Crippen LogP contribution in [0.25, 0.3) is 95.0 Å². The quantitative estimate of drug-likeness (QED) is 0.149. The van der Waals surface area contributed by atoms with Crippen LogP contribution in [-0.2, 0) is 5.41 Å². The van der Waals surface area contributed by atoms with Gasteiger partial charge in [0.1, 0.15) is 11.6 Å². The Labute approximate surface area is 424 Å². The van der Waals surface area contributed by atoms with Crippen LogP contribution in [0.3, 0.4) is 0 Å². The number of benzene rings is 8. The summed E-state index contributed by atoms with van der Waals surface area (Å²) in [5, 5.41) is 12.5. The second-order valence-electron chi connectivity index (χ2n) is 18.3. The van der Waals surface area contributed by atoms with Crippen molar-refractivity contribution in [3.63, 3.8) is 0 Å². The highest BCUT2D eigenvalue weighted by Crippen LogP contribution is 2.45. The highest BCUT2D eigenvalue weighted by molar-refractivity contribution is 5.99. The molecule has 340 valence electrons. The number of para-hydroxylation sites is 1. The number of phenols is 1. The van der Waals surface area contributed by atoms with Gasteiger partial charge in [-0.3, -0.25) is 9.55 Å². The van der Waals surface area contributed by atoms with Crippen LogP contribution in [0.5, 0.6) is 5.75 Å². The van der Waals surface area contributed by atoms with Crippen molar-refractivity contribution in [1.82, 2.24) is 14.5 Å². The van der Waals surface area contributed by atoms with Gasteiger partial charge in [0, 0.05) is 39.3 Å². The van der Waals surface area contributed by atoms with Gasteiger partial charge in [0.2, 0.25) is 0 Å². The van der Waals surface area contributed by atoms with Crippen LogP contribution >= 0.6 is 0 Å². The normalized spacial score (nSPS) is 15.1. The van der Waals surface area contributed by atoms with Crippen LogP contribution in [0.2, 0.25) is 0 Å². The largest absolute Gasteiger partial charge is 0.507 e. The molecule has 10 aromatic rings. The van der Waals surface area contributed by atoms with Gasteiger partial charge in [0.25, 0.3) is 0 Å². The Kier molecular flexibility index (Phi) is 8.72. The Morgan fingerprint density at radius 2 is 1.14 bits per heavy atom. The molecule has 2 heterocycles. The maximum Gasteiger partial charge on any atom is 0.149 e. The molecule has 0 atom stereocenters. The molecule has 0 bridgehead atoms. The number of nitrogens with zero attached hydrogens (tertiary/aromatic N) is 3. The lowest BCUT2D eigenvalue weighted by Crippen LogP contribution is -2.10. The molecule has 0 aliphatic rings. The molecule has 4 nitrogen and oxygen atoms in total. The predicted octanol–water partition coefficient (Wildman–Crippen LogP) is 17.6. The van der Waals surface area contributed by atoms with Gasteiger partial charge in [-0.05, 0) is 145 Å². The number of hydrogen-bond acceptors (Lipinski definition) is 3. The van der Waals surface area contributed by atoms with E-state index in [1.165, 1.54) is 24.3 Å². The maximum absolute atomic E-state index is 12.5. The molecular formula is C65H59N3O. The second kappa shape index (κ2) is 18.3. The number of aromatic nitrogens is 3. The van der Waals surface area contributed by atoms with E-state index in [2.05, 4.69) is 30.5 Å². The Hall–Kier alpha value is -7.82. The number of phenolic OH excluding ortho intramolecular Hbond substituents is 1. The molecule has 0 saturated heterocycles. The summed E-state index contributed by atoms with van der Waals surface area (Å²) in [5.41, 5.74) is 9.49. The topological polar surface area (TPSA) is 50.9 Å². The van der Waals surface area contributed by atoms with Gasteiger partial charge >= 0.3 is 0 Å². The molecule has 0 spiro atoms. The van der Waals surface area contributed by atoms with Crippen molar-refractivity contribution >= 4 is 11.0 Å². The van der Waals surface area contributed by atoms with Crippen LogP contribution in [0.15, 0.2) is 194 Å². The maximum atomic E-state index is 12.5. The Bertz CT molecular complexity index is 3900. The Morgan fingerprint density at radius 1 is 0.507 bits per heavy atom. The summed E-state index contributed by atoms with van der Waals surface area (Å²) in [6, 6.07) is 58.3. The van der Waals surface area contributed by atoms with E-state index in [4.69, 9.17) is 26.4 Å². The van der Waals surface area contributed by atoms with E-state index in [1.807, 2.05) is 153 Å². The number of aryl methyl sites for hydroxylation is 1. The van der Waals surface area contributed by atoms with Crippen LogP contribution in [-0.4, -0.2) is 19.6 Å². The minimum Gasteiger partial charge on any atom is -0.507 e. The molecule has 2 aromatic heterocycles. The summed E-state index contributed by atoms with van der Waals surface area (Å²) >= 11 is 0. The molecule has 0 fully saturated rings. The summed E-state index contributed by atoms with van der Waals surface area (Å²) in [5.74, 6) is 0.586. The lowest BCUT2D eigenvalue weighted by atomic mass is 9.86. The molecule has 8 aromatic carbocycles. The average Bonchev–Trinajstić information content (AvgIpc) is 2.68. The second-order valence-corrected chi connectivity index (χ2v) is 18.3. The standard InChI is InChI=1S/C65H59N3O/c1-41(2)49-37-55(42(3)4)63(69)58(38-49)64-67-62-54(25-18-26-60(62)68(64)61-40-56(46-21-14-10-15-22-46)43(5)33-57(61)47-23-16-11-17-24-47)51-34-50(44-19-12-9-13-20-44)35-52(36-51)59-39-48(31-32-66-59)45-27-29-53(30-28-45)65(6,7)8/h9-42,69H,1-8H3/i5D3,6D3,7D3,8D3. The van der Waals surface area contributed by atoms with Crippen LogP contribution in [0, 0.1) is 6.85 Å². The van der Waals surface area contributed by atoms with E-state index >= 15 is 0 Å². The first-order valence-electron chi connectivity index (χ1n) is 29.2. The number of imidazole rings is 1. The summed E-state index contributed by atoms with van der Waals surface area (Å²) in [7, 11) is 0. The van der Waals surface area contributed by atoms with Gasteiger partial charge in [-0.1, -0.05) is 182 Å². The van der Waals surface area contributed by atoms with Gasteiger partial charge in [-0.2, -0.15) is 0 Å². The van der Waals surface area contributed by atoms with Gasteiger partial charge in [0.15, 0.2) is 0 Å². The molecule has 0 saturated carbocycles. The zero-order valence-electron chi connectivity index (χ0n) is 50.9. The molecule has 1 N–H and O–H groups in total. The van der Waals surface area contributed by atoms with Gasteiger partial charge in [-0.25, -0.2) is 4.98 Å². The molecule has 4 heteroatoms. The third-order valence-corrected chi connectivity index (χ3v) is 13.0. The van der Waals surface area contributed by atoms with Crippen LogP contribution in [0.4, 0.5) is 0 Å². The number of rotatable bonds is 10. The lowest BCUT2D eigenvalue weighted by Gasteiger charge is -2.21. The fraction of sp³-hybridized carbons (Fsp3) is 0.169. The Balaban J connectivity index is 1.23. The van der Waals surface area contributed by atoms with E-state index in [0.717, 1.165) is 50.1 Å². The third kappa shape index (κ3) is 8.80. The number of hydrogen-bond donors (Lipinski definition) is 1. The SMILES string of the molecule is [2H]C([2H])([2H])c1cc(-c2ccccc2)c(-n2c(-c3cc(C(C)C)cc(C(C)C)c3O)nc3c(-c4cc(-c5ccccc5)cc(-c5cc(-c6ccc(C(C([2H])([2H])[2H])(C([2H])([2H])[2H])C([2H])([2H])[2H])cc6)ccn5)c4)cccc32)cc1-c1ccccc1. The van der Waals surface area contributed by atoms with Crippen molar-refractivity contribution in [3.8, 4) is 89.7 Å².